The van der Waals surface area contributed by atoms with Crippen molar-refractivity contribution in [3.8, 4) is 0 Å². The number of carbonyl (C=O) groups is 1. The Kier molecular flexibility index (Phi) is 4.57. The van der Waals surface area contributed by atoms with Gasteiger partial charge in [-0.05, 0) is 25.3 Å². The molecule has 3 saturated carbocycles. The summed E-state index contributed by atoms with van der Waals surface area (Å²) < 4.78 is 11.4. The molecule has 3 aliphatic rings. The highest BCUT2D eigenvalue weighted by Gasteiger charge is 2.52. The molecule has 3 aliphatic carbocycles. The molecule has 2 bridgehead atoms. The Labute approximate surface area is 123 Å². The molecule has 0 spiro atoms. The molecule has 20 heavy (non-hydrogen) atoms. The predicted octanol–water partition coefficient (Wildman–Crippen LogP) is 3.63. The van der Waals surface area contributed by atoms with Crippen LogP contribution in [0.4, 0.5) is 0 Å². The Morgan fingerprint density at radius 3 is 2.65 bits per heavy atom. The summed E-state index contributed by atoms with van der Waals surface area (Å²) in [5, 5.41) is 0. The summed E-state index contributed by atoms with van der Waals surface area (Å²) in [5.74, 6) is 0.257. The number of ketones is 1. The summed E-state index contributed by atoms with van der Waals surface area (Å²) in [7, 11) is -1.06. The first kappa shape index (κ1) is 15.9. The van der Waals surface area contributed by atoms with Crippen molar-refractivity contribution >= 4 is 13.9 Å². The molecule has 3 fully saturated rings. The van der Waals surface area contributed by atoms with E-state index in [2.05, 4.69) is 33.1 Å². The lowest BCUT2D eigenvalue weighted by molar-refractivity contribution is -0.172. The summed E-state index contributed by atoms with van der Waals surface area (Å²) in [6, 6.07) is 1.13. The van der Waals surface area contributed by atoms with Gasteiger partial charge in [0.25, 0.3) is 0 Å². The molecular weight excluding hydrogens is 268 g/mol. The van der Waals surface area contributed by atoms with Crippen molar-refractivity contribution in [2.45, 2.75) is 58.0 Å². The van der Waals surface area contributed by atoms with E-state index in [-0.39, 0.29) is 30.0 Å². The van der Waals surface area contributed by atoms with Crippen molar-refractivity contribution < 1.29 is 14.3 Å². The van der Waals surface area contributed by atoms with Crippen LogP contribution < -0.4 is 0 Å². The van der Waals surface area contributed by atoms with Crippen molar-refractivity contribution in [2.75, 3.05) is 13.4 Å². The monoisotopic (exact) mass is 296 g/mol. The fourth-order valence-corrected chi connectivity index (χ4v) is 4.10. The topological polar surface area (TPSA) is 35.5 Å². The molecule has 0 heterocycles. The minimum absolute atomic E-state index is 0.0313. The van der Waals surface area contributed by atoms with Crippen LogP contribution in [-0.4, -0.2) is 33.4 Å². The van der Waals surface area contributed by atoms with Gasteiger partial charge < -0.3 is 9.47 Å². The Balaban J connectivity index is 1.81. The van der Waals surface area contributed by atoms with E-state index in [9.17, 15) is 4.79 Å². The maximum absolute atomic E-state index is 12.4. The van der Waals surface area contributed by atoms with Crippen LogP contribution in [0.5, 0.6) is 0 Å². The summed E-state index contributed by atoms with van der Waals surface area (Å²) in [6.45, 7) is 14.2. The molecule has 0 aromatic rings. The first-order valence-electron chi connectivity index (χ1n) is 7.64. The van der Waals surface area contributed by atoms with Gasteiger partial charge in [-0.3, -0.25) is 4.79 Å². The van der Waals surface area contributed by atoms with Gasteiger partial charge in [0.1, 0.15) is 12.9 Å². The van der Waals surface area contributed by atoms with Gasteiger partial charge in [0, 0.05) is 26.0 Å². The zero-order valence-electron chi connectivity index (χ0n) is 13.3. The number of ether oxygens (including phenoxy) is 2. The molecule has 0 aliphatic heterocycles. The van der Waals surface area contributed by atoms with E-state index in [1.807, 2.05) is 0 Å². The highest BCUT2D eigenvalue weighted by Crippen LogP contribution is 2.51. The van der Waals surface area contributed by atoms with E-state index in [0.717, 1.165) is 37.5 Å². The second kappa shape index (κ2) is 5.74. The highest BCUT2D eigenvalue weighted by molar-refractivity contribution is 6.76. The first-order valence-corrected chi connectivity index (χ1v) is 11.3. The lowest BCUT2D eigenvalue weighted by atomic mass is 9.57. The van der Waals surface area contributed by atoms with Crippen molar-refractivity contribution in [3.63, 3.8) is 0 Å². The largest absolute Gasteiger partial charge is 0.356 e. The van der Waals surface area contributed by atoms with Crippen LogP contribution in [0.25, 0.3) is 0 Å². The van der Waals surface area contributed by atoms with Gasteiger partial charge in [-0.1, -0.05) is 38.7 Å². The number of carbonyl (C=O) groups excluding carboxylic acids is 1. The molecule has 4 heteroatoms. The number of hydrogen-bond donors (Lipinski definition) is 0. The van der Waals surface area contributed by atoms with E-state index in [0.29, 0.717) is 0 Å². The van der Waals surface area contributed by atoms with Crippen LogP contribution in [0.15, 0.2) is 12.2 Å². The SMILES string of the molecule is C=C1C[C@@]2(C)CC[C@H]1C(=O)[C@H]2OCOCC[Si](C)(C)C. The lowest BCUT2D eigenvalue weighted by Crippen LogP contribution is -2.53. The van der Waals surface area contributed by atoms with Crippen LogP contribution in [0.1, 0.15) is 26.2 Å². The second-order valence-corrected chi connectivity index (χ2v) is 13.5. The van der Waals surface area contributed by atoms with Crippen molar-refractivity contribution in [3.05, 3.63) is 12.2 Å². The van der Waals surface area contributed by atoms with E-state index >= 15 is 0 Å². The van der Waals surface area contributed by atoms with Gasteiger partial charge in [-0.25, -0.2) is 0 Å². The minimum atomic E-state index is -1.06. The molecule has 0 N–H and O–H groups in total. The van der Waals surface area contributed by atoms with Crippen molar-refractivity contribution in [1.82, 2.24) is 0 Å². The van der Waals surface area contributed by atoms with Crippen LogP contribution >= 0.6 is 0 Å². The van der Waals surface area contributed by atoms with Crippen LogP contribution in [0.3, 0.4) is 0 Å². The number of Topliss-reactive ketones (excluding diaryl/α,β-unsaturated/α-hetero) is 1. The third-order valence-corrected chi connectivity index (χ3v) is 6.38. The molecule has 0 amide bonds. The van der Waals surface area contributed by atoms with E-state index < -0.39 is 8.07 Å². The average Bonchev–Trinajstić information content (AvgIpc) is 2.30. The van der Waals surface area contributed by atoms with Gasteiger partial charge >= 0.3 is 0 Å². The summed E-state index contributed by atoms with van der Waals surface area (Å²) in [5.41, 5.74) is 1.04. The van der Waals surface area contributed by atoms with Crippen LogP contribution in [0, 0.1) is 11.3 Å². The fraction of sp³-hybridized carbons (Fsp3) is 0.812. The zero-order chi connectivity index (χ0) is 15.0. The first-order chi connectivity index (χ1) is 9.23. The standard InChI is InChI=1S/C16H28O3Si/c1-12-10-16(2)7-6-13(12)14(17)15(16)19-11-18-8-9-20(3,4)5/h13,15H,1,6-11H2,2-5H3/t13-,15-,16-/m1/s1. The van der Waals surface area contributed by atoms with E-state index in [1.54, 1.807) is 0 Å². The lowest BCUT2D eigenvalue weighted by Gasteiger charge is -2.49. The Morgan fingerprint density at radius 2 is 2.10 bits per heavy atom. The number of fused-ring (bicyclic) bond motifs is 3. The quantitative estimate of drug-likeness (QED) is 0.325. The van der Waals surface area contributed by atoms with Gasteiger partial charge in [-0.2, -0.15) is 0 Å². The van der Waals surface area contributed by atoms with Crippen molar-refractivity contribution in [2.24, 2.45) is 11.3 Å². The Morgan fingerprint density at radius 1 is 1.40 bits per heavy atom. The number of rotatable bonds is 6. The molecule has 0 aromatic carbocycles. The molecule has 3 nitrogen and oxygen atoms in total. The third-order valence-electron chi connectivity index (χ3n) is 4.68. The van der Waals surface area contributed by atoms with E-state index in [4.69, 9.17) is 9.47 Å². The van der Waals surface area contributed by atoms with Gasteiger partial charge in [0.15, 0.2) is 5.78 Å². The zero-order valence-corrected chi connectivity index (χ0v) is 14.3. The van der Waals surface area contributed by atoms with Gasteiger partial charge in [0.05, 0.1) is 0 Å². The Hall–Kier alpha value is -0.453. The summed E-state index contributed by atoms with van der Waals surface area (Å²) in [4.78, 5) is 12.4. The predicted molar refractivity (Wildman–Crippen MR) is 83.4 cm³/mol. The minimum Gasteiger partial charge on any atom is -0.356 e. The van der Waals surface area contributed by atoms with Crippen LogP contribution in [-0.2, 0) is 14.3 Å². The number of hydrogen-bond acceptors (Lipinski definition) is 3. The average molecular weight is 296 g/mol. The van der Waals surface area contributed by atoms with Gasteiger partial charge in [0.2, 0.25) is 0 Å². The highest BCUT2D eigenvalue weighted by atomic mass is 28.3. The molecule has 114 valence electrons. The molecule has 3 atom stereocenters. The normalized spacial score (nSPS) is 33.8. The molecule has 0 aromatic heterocycles. The van der Waals surface area contributed by atoms with E-state index in [1.165, 1.54) is 0 Å². The molecular formula is C16H28O3Si. The fourth-order valence-electron chi connectivity index (χ4n) is 3.34. The molecule has 3 rings (SSSR count). The molecule has 0 radical (unpaired) electrons. The smallest absolute Gasteiger partial charge is 0.169 e. The second-order valence-electron chi connectivity index (χ2n) is 7.87. The molecule has 0 saturated heterocycles. The van der Waals surface area contributed by atoms with Gasteiger partial charge in [-0.15, -0.1) is 0 Å². The maximum Gasteiger partial charge on any atom is 0.169 e. The summed E-state index contributed by atoms with van der Waals surface area (Å²) in [6.07, 6.45) is 2.63. The maximum atomic E-state index is 12.4. The van der Waals surface area contributed by atoms with Crippen LogP contribution in [0.2, 0.25) is 25.7 Å². The molecule has 0 unspecified atom stereocenters. The van der Waals surface area contributed by atoms with Crippen molar-refractivity contribution in [1.29, 1.82) is 0 Å². The summed E-state index contributed by atoms with van der Waals surface area (Å²) >= 11 is 0. The third kappa shape index (κ3) is 3.41. The number of allylic oxidation sites excluding steroid dienone is 1. The Bertz CT molecular complexity index is 399.